The number of thiophene rings is 1. The van der Waals surface area contributed by atoms with E-state index in [0.29, 0.717) is 10.7 Å². The van der Waals surface area contributed by atoms with Gasteiger partial charge in [0.25, 0.3) is 5.91 Å². The van der Waals surface area contributed by atoms with Crippen molar-refractivity contribution in [2.75, 3.05) is 11.9 Å². The summed E-state index contributed by atoms with van der Waals surface area (Å²) < 4.78 is 0. The predicted molar refractivity (Wildman–Crippen MR) is 95.2 cm³/mol. The molecule has 0 aromatic carbocycles. The molecule has 122 valence electrons. The summed E-state index contributed by atoms with van der Waals surface area (Å²) in [7, 11) is 0. The van der Waals surface area contributed by atoms with Gasteiger partial charge in [0.2, 0.25) is 5.91 Å². The molecule has 0 bridgehead atoms. The SMILES string of the molecule is O=C(CCNC(=O)c1ccsc1)Nc1nc(-c2ccccn2)cs1. The van der Waals surface area contributed by atoms with E-state index in [9.17, 15) is 9.59 Å². The number of hydrogen-bond donors (Lipinski definition) is 2. The van der Waals surface area contributed by atoms with Crippen LogP contribution in [0.1, 0.15) is 16.8 Å². The minimum absolute atomic E-state index is 0.171. The minimum Gasteiger partial charge on any atom is -0.351 e. The van der Waals surface area contributed by atoms with Gasteiger partial charge in [0, 0.05) is 35.5 Å². The molecule has 0 saturated carbocycles. The zero-order valence-corrected chi connectivity index (χ0v) is 14.2. The molecule has 0 aliphatic carbocycles. The van der Waals surface area contributed by atoms with Crippen LogP contribution >= 0.6 is 22.7 Å². The van der Waals surface area contributed by atoms with E-state index in [0.717, 1.165) is 11.4 Å². The molecule has 3 aromatic heterocycles. The highest BCUT2D eigenvalue weighted by molar-refractivity contribution is 7.14. The number of nitrogens with zero attached hydrogens (tertiary/aromatic N) is 2. The van der Waals surface area contributed by atoms with Crippen LogP contribution in [-0.2, 0) is 4.79 Å². The third-order valence-corrected chi connectivity index (χ3v) is 4.54. The summed E-state index contributed by atoms with van der Waals surface area (Å²) in [5.74, 6) is -0.363. The lowest BCUT2D eigenvalue weighted by Crippen LogP contribution is -2.27. The highest BCUT2D eigenvalue weighted by Crippen LogP contribution is 2.23. The molecular weight excluding hydrogens is 344 g/mol. The van der Waals surface area contributed by atoms with E-state index in [1.165, 1.54) is 22.7 Å². The maximum atomic E-state index is 11.9. The fourth-order valence-corrected chi connectivity index (χ4v) is 3.29. The van der Waals surface area contributed by atoms with Crippen LogP contribution in [0.2, 0.25) is 0 Å². The van der Waals surface area contributed by atoms with Crippen molar-refractivity contribution in [3.05, 3.63) is 52.2 Å². The molecule has 0 saturated heterocycles. The van der Waals surface area contributed by atoms with Crippen molar-refractivity contribution in [2.45, 2.75) is 6.42 Å². The average molecular weight is 358 g/mol. The second-order valence-electron chi connectivity index (χ2n) is 4.82. The van der Waals surface area contributed by atoms with Crippen LogP contribution in [-0.4, -0.2) is 28.3 Å². The Morgan fingerprint density at radius 2 is 2.04 bits per heavy atom. The molecule has 0 atom stereocenters. The second kappa shape index (κ2) is 7.80. The summed E-state index contributed by atoms with van der Waals surface area (Å²) >= 11 is 2.80. The molecule has 0 radical (unpaired) electrons. The van der Waals surface area contributed by atoms with Gasteiger partial charge in [0.1, 0.15) is 5.69 Å². The molecule has 2 N–H and O–H groups in total. The van der Waals surface area contributed by atoms with Crippen molar-refractivity contribution in [3.8, 4) is 11.4 Å². The maximum absolute atomic E-state index is 11.9. The molecular formula is C16H14N4O2S2. The molecule has 0 unspecified atom stereocenters. The lowest BCUT2D eigenvalue weighted by atomic mass is 10.3. The van der Waals surface area contributed by atoms with Gasteiger partial charge in [0.05, 0.1) is 5.69 Å². The Morgan fingerprint density at radius 1 is 1.12 bits per heavy atom. The molecule has 0 spiro atoms. The summed E-state index contributed by atoms with van der Waals surface area (Å²) in [5.41, 5.74) is 2.10. The quantitative estimate of drug-likeness (QED) is 0.709. The molecule has 3 rings (SSSR count). The number of amides is 2. The van der Waals surface area contributed by atoms with Crippen LogP contribution in [0.3, 0.4) is 0 Å². The number of nitrogens with one attached hydrogen (secondary N) is 2. The van der Waals surface area contributed by atoms with E-state index in [4.69, 9.17) is 0 Å². The summed E-state index contributed by atoms with van der Waals surface area (Å²) in [6.45, 7) is 0.277. The number of pyridine rings is 1. The number of anilines is 1. The molecule has 0 aliphatic rings. The highest BCUT2D eigenvalue weighted by atomic mass is 32.1. The highest BCUT2D eigenvalue weighted by Gasteiger charge is 2.10. The van der Waals surface area contributed by atoms with Gasteiger partial charge in [-0.15, -0.1) is 11.3 Å². The predicted octanol–water partition coefficient (Wildman–Crippen LogP) is 3.03. The third-order valence-electron chi connectivity index (χ3n) is 3.10. The fraction of sp³-hybridized carbons (Fsp3) is 0.125. The van der Waals surface area contributed by atoms with Crippen molar-refractivity contribution in [3.63, 3.8) is 0 Å². The molecule has 8 heteroatoms. The summed E-state index contributed by atoms with van der Waals surface area (Å²) in [4.78, 5) is 32.2. The molecule has 6 nitrogen and oxygen atoms in total. The van der Waals surface area contributed by atoms with E-state index in [1.54, 1.807) is 17.6 Å². The van der Waals surface area contributed by atoms with E-state index < -0.39 is 0 Å². The second-order valence-corrected chi connectivity index (χ2v) is 6.46. The zero-order valence-electron chi connectivity index (χ0n) is 12.6. The van der Waals surface area contributed by atoms with Gasteiger partial charge in [-0.25, -0.2) is 4.98 Å². The fourth-order valence-electron chi connectivity index (χ4n) is 1.93. The van der Waals surface area contributed by atoms with E-state index in [-0.39, 0.29) is 24.8 Å². The van der Waals surface area contributed by atoms with Crippen LogP contribution < -0.4 is 10.6 Å². The van der Waals surface area contributed by atoms with Crippen molar-refractivity contribution in [2.24, 2.45) is 0 Å². The van der Waals surface area contributed by atoms with E-state index >= 15 is 0 Å². The molecule has 0 aliphatic heterocycles. The summed E-state index contributed by atoms with van der Waals surface area (Å²) in [6, 6.07) is 7.33. The molecule has 3 aromatic rings. The van der Waals surface area contributed by atoms with Crippen LogP contribution in [0.4, 0.5) is 5.13 Å². The first kappa shape index (κ1) is 16.3. The summed E-state index contributed by atoms with van der Waals surface area (Å²) in [6.07, 6.45) is 1.89. The Hall–Kier alpha value is -2.58. The number of thiazole rings is 1. The molecule has 3 heterocycles. The Labute approximate surface area is 146 Å². The number of carbonyl (C=O) groups is 2. The Morgan fingerprint density at radius 3 is 2.79 bits per heavy atom. The first-order chi connectivity index (χ1) is 11.7. The van der Waals surface area contributed by atoms with Crippen LogP contribution in [0.25, 0.3) is 11.4 Å². The normalized spacial score (nSPS) is 10.3. The van der Waals surface area contributed by atoms with Gasteiger partial charge in [-0.05, 0) is 23.6 Å². The van der Waals surface area contributed by atoms with Gasteiger partial charge < -0.3 is 10.6 Å². The largest absolute Gasteiger partial charge is 0.351 e. The Bertz CT molecular complexity index is 816. The van der Waals surface area contributed by atoms with Crippen molar-refractivity contribution < 1.29 is 9.59 Å². The molecule has 2 amide bonds. The maximum Gasteiger partial charge on any atom is 0.252 e. The number of carbonyl (C=O) groups excluding carboxylic acids is 2. The van der Waals surface area contributed by atoms with Gasteiger partial charge in [0.15, 0.2) is 5.13 Å². The van der Waals surface area contributed by atoms with Gasteiger partial charge in [-0.1, -0.05) is 6.07 Å². The van der Waals surface area contributed by atoms with E-state index in [1.807, 2.05) is 29.0 Å². The summed E-state index contributed by atoms with van der Waals surface area (Å²) in [5, 5.41) is 11.4. The van der Waals surface area contributed by atoms with Crippen molar-refractivity contribution in [1.29, 1.82) is 0 Å². The van der Waals surface area contributed by atoms with E-state index in [2.05, 4.69) is 20.6 Å². The first-order valence-electron chi connectivity index (χ1n) is 7.19. The molecule has 0 fully saturated rings. The van der Waals surface area contributed by atoms with Crippen molar-refractivity contribution in [1.82, 2.24) is 15.3 Å². The van der Waals surface area contributed by atoms with Crippen LogP contribution in [0.5, 0.6) is 0 Å². The first-order valence-corrected chi connectivity index (χ1v) is 9.02. The average Bonchev–Trinajstić information content (AvgIpc) is 3.27. The monoisotopic (exact) mass is 358 g/mol. The lowest BCUT2D eigenvalue weighted by molar-refractivity contribution is -0.116. The minimum atomic E-state index is -0.192. The Kier molecular flexibility index (Phi) is 5.29. The number of rotatable bonds is 6. The van der Waals surface area contributed by atoms with Gasteiger partial charge in [-0.2, -0.15) is 11.3 Å². The number of aromatic nitrogens is 2. The van der Waals surface area contributed by atoms with Crippen LogP contribution in [0.15, 0.2) is 46.6 Å². The lowest BCUT2D eigenvalue weighted by Gasteiger charge is -2.04. The van der Waals surface area contributed by atoms with Gasteiger partial charge in [-0.3, -0.25) is 14.6 Å². The number of hydrogen-bond acceptors (Lipinski definition) is 6. The standard InChI is InChI=1S/C16H14N4O2S2/c21-14(4-7-18-15(22)11-5-8-23-9-11)20-16-19-13(10-24-16)12-3-1-2-6-17-12/h1-3,5-6,8-10H,4,7H2,(H,18,22)(H,19,20,21). The topological polar surface area (TPSA) is 84.0 Å². The van der Waals surface area contributed by atoms with Crippen LogP contribution in [0, 0.1) is 0 Å². The van der Waals surface area contributed by atoms with Gasteiger partial charge >= 0.3 is 0 Å². The molecule has 24 heavy (non-hydrogen) atoms. The smallest absolute Gasteiger partial charge is 0.252 e. The zero-order chi connectivity index (χ0) is 16.8. The van der Waals surface area contributed by atoms with Crippen molar-refractivity contribution >= 4 is 39.6 Å². The Balaban J connectivity index is 1.47. The third kappa shape index (κ3) is 4.24.